The molecule has 3 aromatic rings. The fourth-order valence-electron chi connectivity index (χ4n) is 4.41. The number of benzene rings is 2. The van der Waals surface area contributed by atoms with Gasteiger partial charge in [-0.3, -0.25) is 9.52 Å². The highest BCUT2D eigenvalue weighted by Crippen LogP contribution is 2.29. The molecule has 1 amide bonds. The molecule has 35 heavy (non-hydrogen) atoms. The van der Waals surface area contributed by atoms with Crippen molar-refractivity contribution < 1.29 is 22.0 Å². The SMILES string of the molecule is C[C@@H]1C[C@@H](C)CN(C(=O)c2ccc(NCc3cccs3)c(S(=O)(=O)Nc3cc(F)ccc3F)c2)C1. The van der Waals surface area contributed by atoms with Crippen molar-refractivity contribution in [3.05, 3.63) is 76.0 Å². The molecule has 6 nitrogen and oxygen atoms in total. The summed E-state index contributed by atoms with van der Waals surface area (Å²) < 4.78 is 56.7. The van der Waals surface area contributed by atoms with Gasteiger partial charge in [0.25, 0.3) is 15.9 Å². The van der Waals surface area contributed by atoms with Crippen LogP contribution in [0.1, 0.15) is 35.5 Å². The van der Waals surface area contributed by atoms with Crippen LogP contribution in [-0.4, -0.2) is 32.3 Å². The molecule has 2 N–H and O–H groups in total. The van der Waals surface area contributed by atoms with Crippen molar-refractivity contribution in [1.82, 2.24) is 4.90 Å². The Labute approximate surface area is 208 Å². The first-order valence-electron chi connectivity index (χ1n) is 11.3. The normalized spacial score (nSPS) is 18.3. The molecule has 0 radical (unpaired) electrons. The third kappa shape index (κ3) is 5.99. The molecule has 186 valence electrons. The minimum atomic E-state index is -4.37. The summed E-state index contributed by atoms with van der Waals surface area (Å²) in [5, 5.41) is 5.00. The highest BCUT2D eigenvalue weighted by atomic mass is 32.2. The number of carbonyl (C=O) groups is 1. The third-order valence-corrected chi connectivity index (χ3v) is 8.16. The van der Waals surface area contributed by atoms with Gasteiger partial charge in [0.15, 0.2) is 0 Å². The zero-order chi connectivity index (χ0) is 25.2. The molecule has 2 atom stereocenters. The standard InChI is InChI=1S/C25H27F2N3O3S2/c1-16-10-17(2)15-30(14-16)25(31)18-5-8-22(28-13-20-4-3-9-34-20)24(11-18)35(32,33)29-23-12-19(26)6-7-21(23)27/h3-9,11-12,16-17,28-29H,10,13-15H2,1-2H3/t16-,17-/m1/s1. The maximum atomic E-state index is 14.2. The number of hydrogen-bond donors (Lipinski definition) is 2. The number of rotatable bonds is 7. The van der Waals surface area contributed by atoms with E-state index >= 15 is 0 Å². The van der Waals surface area contributed by atoms with Gasteiger partial charge >= 0.3 is 0 Å². The Hall–Kier alpha value is -2.98. The monoisotopic (exact) mass is 519 g/mol. The Morgan fingerprint density at radius 1 is 1.06 bits per heavy atom. The lowest BCUT2D eigenvalue weighted by atomic mass is 9.91. The van der Waals surface area contributed by atoms with Gasteiger partial charge in [-0.25, -0.2) is 17.2 Å². The van der Waals surface area contributed by atoms with Crippen LogP contribution in [0.2, 0.25) is 0 Å². The minimum absolute atomic E-state index is 0.216. The number of likely N-dealkylation sites (tertiary alicyclic amines) is 1. The molecule has 10 heteroatoms. The lowest BCUT2D eigenvalue weighted by Gasteiger charge is -2.35. The molecule has 2 heterocycles. The molecule has 0 spiro atoms. The number of carbonyl (C=O) groups excluding carboxylic acids is 1. The molecule has 4 rings (SSSR count). The highest BCUT2D eigenvalue weighted by molar-refractivity contribution is 7.92. The molecular weight excluding hydrogens is 492 g/mol. The number of anilines is 2. The molecule has 1 fully saturated rings. The first-order chi connectivity index (χ1) is 16.6. The molecule has 0 unspecified atom stereocenters. The fraction of sp³-hybridized carbons (Fsp3) is 0.320. The van der Waals surface area contributed by atoms with Crippen molar-refractivity contribution >= 4 is 38.6 Å². The molecular formula is C25H27F2N3O3S2. The Morgan fingerprint density at radius 3 is 2.49 bits per heavy atom. The second-order valence-corrected chi connectivity index (χ2v) is 11.7. The van der Waals surface area contributed by atoms with Gasteiger partial charge in [-0.05, 0) is 60.0 Å². The quantitative estimate of drug-likeness (QED) is 0.429. The van der Waals surface area contributed by atoms with Crippen molar-refractivity contribution in [2.45, 2.75) is 31.7 Å². The Kier molecular flexibility index (Phi) is 7.42. The molecule has 0 bridgehead atoms. The Bertz CT molecular complexity index is 1300. The van der Waals surface area contributed by atoms with Crippen LogP contribution in [0.5, 0.6) is 0 Å². The van der Waals surface area contributed by atoms with E-state index in [1.54, 1.807) is 11.0 Å². The minimum Gasteiger partial charge on any atom is -0.379 e. The van der Waals surface area contributed by atoms with Gasteiger partial charge in [-0.2, -0.15) is 0 Å². The third-order valence-electron chi connectivity index (χ3n) is 5.88. The van der Waals surface area contributed by atoms with Crippen LogP contribution in [0.15, 0.2) is 58.8 Å². The van der Waals surface area contributed by atoms with Crippen LogP contribution in [0, 0.1) is 23.5 Å². The van der Waals surface area contributed by atoms with Gasteiger partial charge in [0.2, 0.25) is 0 Å². The summed E-state index contributed by atoms with van der Waals surface area (Å²) in [6.07, 6.45) is 1.03. The van der Waals surface area contributed by atoms with E-state index in [1.165, 1.54) is 23.5 Å². The average molecular weight is 520 g/mol. The first-order valence-corrected chi connectivity index (χ1v) is 13.7. The molecule has 1 aromatic heterocycles. The van der Waals surface area contributed by atoms with Gasteiger partial charge < -0.3 is 10.2 Å². The predicted octanol–water partition coefficient (Wildman–Crippen LogP) is 5.56. The van der Waals surface area contributed by atoms with E-state index in [-0.39, 0.29) is 22.1 Å². The summed E-state index contributed by atoms with van der Waals surface area (Å²) in [6, 6.07) is 10.7. The Balaban J connectivity index is 1.69. The van der Waals surface area contributed by atoms with Crippen molar-refractivity contribution in [1.29, 1.82) is 0 Å². The summed E-state index contributed by atoms with van der Waals surface area (Å²) >= 11 is 1.51. The maximum absolute atomic E-state index is 14.2. The second kappa shape index (κ2) is 10.3. The van der Waals surface area contributed by atoms with E-state index in [0.717, 1.165) is 29.5 Å². The molecule has 0 saturated carbocycles. The Morgan fingerprint density at radius 2 is 1.80 bits per heavy atom. The highest BCUT2D eigenvalue weighted by Gasteiger charge is 2.28. The first kappa shape index (κ1) is 25.1. The number of thiophene rings is 1. The van der Waals surface area contributed by atoms with Crippen molar-refractivity contribution in [3.8, 4) is 0 Å². The van der Waals surface area contributed by atoms with E-state index in [4.69, 9.17) is 0 Å². The van der Waals surface area contributed by atoms with Crippen LogP contribution < -0.4 is 10.0 Å². The van der Waals surface area contributed by atoms with Crippen molar-refractivity contribution in [2.24, 2.45) is 11.8 Å². The van der Waals surface area contributed by atoms with Crippen LogP contribution in [0.4, 0.5) is 20.2 Å². The summed E-state index contributed by atoms with van der Waals surface area (Å²) in [7, 11) is -4.37. The molecule has 1 aliphatic rings. The molecule has 0 aliphatic carbocycles. The number of amides is 1. The van der Waals surface area contributed by atoms with E-state index in [2.05, 4.69) is 23.9 Å². The summed E-state index contributed by atoms with van der Waals surface area (Å²) in [5.74, 6) is -1.27. The van der Waals surface area contributed by atoms with Gasteiger partial charge in [0, 0.05) is 36.1 Å². The van der Waals surface area contributed by atoms with Gasteiger partial charge in [-0.15, -0.1) is 11.3 Å². The summed E-state index contributed by atoms with van der Waals surface area (Å²) in [4.78, 5) is 15.8. The topological polar surface area (TPSA) is 78.5 Å². The smallest absolute Gasteiger partial charge is 0.264 e. The summed E-state index contributed by atoms with van der Waals surface area (Å²) in [5.41, 5.74) is -0.0441. The largest absolute Gasteiger partial charge is 0.379 e. The lowest BCUT2D eigenvalue weighted by Crippen LogP contribution is -2.42. The zero-order valence-electron chi connectivity index (χ0n) is 19.4. The van der Waals surface area contributed by atoms with Gasteiger partial charge in [-0.1, -0.05) is 19.9 Å². The fourth-order valence-corrected chi connectivity index (χ4v) is 6.32. The number of nitrogens with zero attached hydrogens (tertiary/aromatic N) is 1. The maximum Gasteiger partial charge on any atom is 0.264 e. The number of piperidine rings is 1. The van der Waals surface area contributed by atoms with Crippen molar-refractivity contribution in [2.75, 3.05) is 23.1 Å². The zero-order valence-corrected chi connectivity index (χ0v) is 21.1. The number of halogens is 2. The van der Waals surface area contributed by atoms with Crippen molar-refractivity contribution in [3.63, 3.8) is 0 Å². The predicted molar refractivity (Wildman–Crippen MR) is 134 cm³/mol. The van der Waals surface area contributed by atoms with E-state index in [9.17, 15) is 22.0 Å². The average Bonchev–Trinajstić information content (AvgIpc) is 3.32. The van der Waals surface area contributed by atoms with Crippen LogP contribution >= 0.6 is 11.3 Å². The van der Waals surface area contributed by atoms with E-state index < -0.39 is 27.3 Å². The molecule has 1 aliphatic heterocycles. The summed E-state index contributed by atoms with van der Waals surface area (Å²) in [6.45, 7) is 5.72. The van der Waals surface area contributed by atoms with Gasteiger partial charge in [0.05, 0.1) is 11.4 Å². The second-order valence-electron chi connectivity index (χ2n) is 9.03. The van der Waals surface area contributed by atoms with E-state index in [0.29, 0.717) is 31.5 Å². The number of sulfonamides is 1. The van der Waals surface area contributed by atoms with Crippen LogP contribution in [-0.2, 0) is 16.6 Å². The molecule has 2 aromatic carbocycles. The number of hydrogen-bond acceptors (Lipinski definition) is 5. The number of nitrogens with one attached hydrogen (secondary N) is 2. The molecule has 1 saturated heterocycles. The van der Waals surface area contributed by atoms with Crippen LogP contribution in [0.25, 0.3) is 0 Å². The van der Waals surface area contributed by atoms with E-state index in [1.807, 2.05) is 17.5 Å². The van der Waals surface area contributed by atoms with Crippen LogP contribution in [0.3, 0.4) is 0 Å². The lowest BCUT2D eigenvalue weighted by molar-refractivity contribution is 0.0623. The van der Waals surface area contributed by atoms with Gasteiger partial charge in [0.1, 0.15) is 16.5 Å².